The number of amides is 1. The molecule has 1 aliphatic rings. The second kappa shape index (κ2) is 6.38. The Morgan fingerprint density at radius 2 is 2.10 bits per heavy atom. The first-order chi connectivity index (χ1) is 10.3. The van der Waals surface area contributed by atoms with Crippen LogP contribution in [0.15, 0.2) is 34.5 Å². The van der Waals surface area contributed by atoms with E-state index in [4.69, 9.17) is 15.3 Å². The van der Waals surface area contributed by atoms with Crippen molar-refractivity contribution >= 4 is 29.0 Å². The van der Waals surface area contributed by atoms with Gasteiger partial charge >= 0.3 is 0 Å². The van der Waals surface area contributed by atoms with Gasteiger partial charge in [-0.25, -0.2) is 5.84 Å². The molecule has 0 saturated carbocycles. The maximum atomic E-state index is 11.6. The highest BCUT2D eigenvalue weighted by molar-refractivity contribution is 7.98. The molecule has 0 unspecified atom stereocenters. The highest BCUT2D eigenvalue weighted by atomic mass is 32.2. The van der Waals surface area contributed by atoms with Crippen LogP contribution < -0.4 is 20.7 Å². The molecule has 3 rings (SSSR count). The van der Waals surface area contributed by atoms with Gasteiger partial charge in [0.15, 0.2) is 11.5 Å². The van der Waals surface area contributed by atoms with E-state index in [9.17, 15) is 4.79 Å². The lowest BCUT2D eigenvalue weighted by molar-refractivity contribution is 0.0957. The Balaban J connectivity index is 1.71. The van der Waals surface area contributed by atoms with Gasteiger partial charge in [0.1, 0.15) is 13.2 Å². The summed E-state index contributed by atoms with van der Waals surface area (Å²) in [5.41, 5.74) is 3.15. The zero-order valence-electron chi connectivity index (χ0n) is 11.1. The van der Waals surface area contributed by atoms with Crippen molar-refractivity contribution in [3.63, 3.8) is 0 Å². The maximum Gasteiger partial charge on any atom is 0.275 e. The summed E-state index contributed by atoms with van der Waals surface area (Å²) in [6.07, 6.45) is 0. The molecule has 0 radical (unpaired) electrons. The van der Waals surface area contributed by atoms with E-state index in [0.717, 1.165) is 22.0 Å². The summed E-state index contributed by atoms with van der Waals surface area (Å²) in [4.78, 5) is 13.4. The van der Waals surface area contributed by atoms with Gasteiger partial charge in [-0.2, -0.15) is 0 Å². The molecule has 1 amide bonds. The standard InChI is InChI=1S/C14H14N2O3S2/c15-16-14(17)13-9(3-6-20-13)8-21-10-1-2-11-12(7-10)19-5-4-18-11/h1-3,6-7H,4-5,8,15H2,(H,16,17). The number of ether oxygens (including phenoxy) is 2. The zero-order chi connectivity index (χ0) is 14.7. The first-order valence-corrected chi connectivity index (χ1v) is 8.24. The number of nitrogen functional groups attached to an aromatic ring is 1. The smallest absolute Gasteiger partial charge is 0.275 e. The van der Waals surface area contributed by atoms with E-state index in [0.29, 0.717) is 23.8 Å². The number of thioether (sulfide) groups is 1. The Hall–Kier alpha value is -1.70. The summed E-state index contributed by atoms with van der Waals surface area (Å²) in [6, 6.07) is 7.82. The molecule has 110 valence electrons. The summed E-state index contributed by atoms with van der Waals surface area (Å²) in [5, 5.41) is 1.89. The van der Waals surface area contributed by atoms with E-state index in [1.165, 1.54) is 11.3 Å². The second-order valence-electron chi connectivity index (χ2n) is 4.34. The van der Waals surface area contributed by atoms with Crippen molar-refractivity contribution in [1.29, 1.82) is 0 Å². The van der Waals surface area contributed by atoms with Crippen molar-refractivity contribution in [3.8, 4) is 11.5 Å². The van der Waals surface area contributed by atoms with Gasteiger partial charge < -0.3 is 9.47 Å². The first kappa shape index (κ1) is 14.2. The van der Waals surface area contributed by atoms with Crippen LogP contribution in [0.2, 0.25) is 0 Å². The van der Waals surface area contributed by atoms with Gasteiger partial charge in [0, 0.05) is 10.6 Å². The number of hydrogen-bond donors (Lipinski definition) is 2. The van der Waals surface area contributed by atoms with Gasteiger partial charge in [-0.3, -0.25) is 10.2 Å². The molecule has 1 aromatic heterocycles. The fourth-order valence-corrected chi connectivity index (χ4v) is 3.82. The fraction of sp³-hybridized carbons (Fsp3) is 0.214. The van der Waals surface area contributed by atoms with Crippen molar-refractivity contribution in [3.05, 3.63) is 40.1 Å². The Kier molecular flexibility index (Phi) is 4.33. The molecule has 1 aliphatic heterocycles. The lowest BCUT2D eigenvalue weighted by atomic mass is 10.3. The van der Waals surface area contributed by atoms with Gasteiger partial charge in [0.05, 0.1) is 4.88 Å². The number of hydrogen-bond acceptors (Lipinski definition) is 6. The van der Waals surface area contributed by atoms with Gasteiger partial charge in [0.2, 0.25) is 0 Å². The Bertz CT molecular complexity index is 657. The largest absolute Gasteiger partial charge is 0.486 e. The SMILES string of the molecule is NNC(=O)c1sccc1CSc1ccc2c(c1)OCCO2. The molecule has 0 saturated heterocycles. The quantitative estimate of drug-likeness (QED) is 0.391. The normalized spacial score (nSPS) is 13.0. The Morgan fingerprint density at radius 3 is 2.90 bits per heavy atom. The van der Waals surface area contributed by atoms with Crippen LogP contribution >= 0.6 is 23.1 Å². The monoisotopic (exact) mass is 322 g/mol. The molecule has 2 aromatic rings. The zero-order valence-corrected chi connectivity index (χ0v) is 12.8. The maximum absolute atomic E-state index is 11.6. The number of nitrogens with one attached hydrogen (secondary N) is 1. The van der Waals surface area contributed by atoms with Crippen LogP contribution in [0.25, 0.3) is 0 Å². The first-order valence-electron chi connectivity index (χ1n) is 6.37. The second-order valence-corrected chi connectivity index (χ2v) is 6.31. The summed E-state index contributed by atoms with van der Waals surface area (Å²) < 4.78 is 11.1. The molecule has 0 aliphatic carbocycles. The molecule has 2 heterocycles. The van der Waals surface area contributed by atoms with E-state index in [1.54, 1.807) is 11.8 Å². The fourth-order valence-electron chi connectivity index (χ4n) is 1.99. The predicted molar refractivity (Wildman–Crippen MR) is 83.0 cm³/mol. The molecule has 3 N–H and O–H groups in total. The summed E-state index contributed by atoms with van der Waals surface area (Å²) in [6.45, 7) is 1.17. The number of benzene rings is 1. The van der Waals surface area contributed by atoms with Gasteiger partial charge in [-0.1, -0.05) is 0 Å². The molecule has 0 spiro atoms. The number of carbonyl (C=O) groups excluding carboxylic acids is 1. The van der Waals surface area contributed by atoms with Crippen molar-refractivity contribution in [2.75, 3.05) is 13.2 Å². The topological polar surface area (TPSA) is 73.6 Å². The van der Waals surface area contributed by atoms with E-state index in [2.05, 4.69) is 5.43 Å². The third kappa shape index (κ3) is 3.15. The molecule has 0 bridgehead atoms. The van der Waals surface area contributed by atoms with Gasteiger partial charge in [0.25, 0.3) is 5.91 Å². The van der Waals surface area contributed by atoms with Crippen molar-refractivity contribution in [2.45, 2.75) is 10.6 Å². The number of carbonyl (C=O) groups is 1. The number of nitrogens with two attached hydrogens (primary N) is 1. The van der Waals surface area contributed by atoms with E-state index in [1.807, 2.05) is 29.6 Å². The minimum atomic E-state index is -0.247. The van der Waals surface area contributed by atoms with Crippen LogP contribution in [0.3, 0.4) is 0 Å². The van der Waals surface area contributed by atoms with E-state index < -0.39 is 0 Å². The number of fused-ring (bicyclic) bond motifs is 1. The average Bonchev–Trinajstić information content (AvgIpc) is 3.00. The molecule has 0 atom stereocenters. The number of thiophene rings is 1. The lowest BCUT2D eigenvalue weighted by Gasteiger charge is -2.18. The van der Waals surface area contributed by atoms with Gasteiger partial charge in [-0.15, -0.1) is 23.1 Å². The molecule has 5 nitrogen and oxygen atoms in total. The lowest BCUT2D eigenvalue weighted by Crippen LogP contribution is -2.29. The van der Waals surface area contributed by atoms with E-state index in [-0.39, 0.29) is 5.91 Å². The van der Waals surface area contributed by atoms with Crippen LogP contribution in [0.1, 0.15) is 15.2 Å². The summed E-state index contributed by atoms with van der Waals surface area (Å²) >= 11 is 3.03. The van der Waals surface area contributed by atoms with Crippen LogP contribution in [0.5, 0.6) is 11.5 Å². The molecule has 21 heavy (non-hydrogen) atoms. The van der Waals surface area contributed by atoms with Crippen LogP contribution in [0.4, 0.5) is 0 Å². The van der Waals surface area contributed by atoms with Gasteiger partial charge in [-0.05, 0) is 35.2 Å². The highest BCUT2D eigenvalue weighted by Gasteiger charge is 2.14. The Labute approximate surface area is 130 Å². The highest BCUT2D eigenvalue weighted by Crippen LogP contribution is 2.35. The third-order valence-electron chi connectivity index (χ3n) is 2.99. The van der Waals surface area contributed by atoms with Crippen LogP contribution in [0, 0.1) is 0 Å². The molecule has 7 heteroatoms. The third-order valence-corrected chi connectivity index (χ3v) is 4.99. The molecular weight excluding hydrogens is 308 g/mol. The van der Waals surface area contributed by atoms with Crippen LogP contribution in [-0.4, -0.2) is 19.1 Å². The predicted octanol–water partition coefficient (Wildman–Crippen LogP) is 2.42. The Morgan fingerprint density at radius 1 is 1.29 bits per heavy atom. The minimum absolute atomic E-state index is 0.247. The van der Waals surface area contributed by atoms with Crippen molar-refractivity contribution in [2.24, 2.45) is 5.84 Å². The van der Waals surface area contributed by atoms with Crippen molar-refractivity contribution in [1.82, 2.24) is 5.43 Å². The summed E-state index contributed by atoms with van der Waals surface area (Å²) in [7, 11) is 0. The average molecular weight is 322 g/mol. The number of hydrazine groups is 1. The molecule has 1 aromatic carbocycles. The van der Waals surface area contributed by atoms with Crippen LogP contribution in [-0.2, 0) is 5.75 Å². The van der Waals surface area contributed by atoms with Crippen molar-refractivity contribution < 1.29 is 14.3 Å². The summed E-state index contributed by atoms with van der Waals surface area (Å²) in [5.74, 6) is 7.19. The minimum Gasteiger partial charge on any atom is -0.486 e. The molecular formula is C14H14N2O3S2. The van der Waals surface area contributed by atoms with E-state index >= 15 is 0 Å². The molecule has 0 fully saturated rings. The number of rotatable bonds is 4.